The molecule has 0 spiro atoms. The molecule has 3 N–H and O–H groups in total. The van der Waals surface area contributed by atoms with Gasteiger partial charge < -0.3 is 15.2 Å². The van der Waals surface area contributed by atoms with E-state index < -0.39 is 0 Å². The van der Waals surface area contributed by atoms with Crippen LogP contribution in [0.5, 0.6) is 5.75 Å². The summed E-state index contributed by atoms with van der Waals surface area (Å²) in [7, 11) is 3.21. The van der Waals surface area contributed by atoms with E-state index >= 15 is 0 Å². The summed E-state index contributed by atoms with van der Waals surface area (Å²) in [6.45, 7) is 0.449. The Balaban J connectivity index is 3.07. The Hall–Kier alpha value is -1.55. The molecule has 1 aromatic carbocycles. The van der Waals surface area contributed by atoms with Gasteiger partial charge in [-0.25, -0.2) is 0 Å². The lowest BCUT2D eigenvalue weighted by molar-refractivity contribution is 0.181. The topological polar surface area (TPSA) is 68.3 Å². The smallest absolute Gasteiger partial charge is 0.124 e. The molecule has 0 bridgehead atoms. The molecule has 4 nitrogen and oxygen atoms in total. The van der Waals surface area contributed by atoms with Crippen molar-refractivity contribution in [1.29, 1.82) is 5.41 Å². The van der Waals surface area contributed by atoms with E-state index in [0.29, 0.717) is 12.2 Å². The number of nitrogen functional groups attached to an aromatic ring is 1. The first-order valence-corrected chi connectivity index (χ1v) is 4.19. The zero-order chi connectivity index (χ0) is 10.6. The van der Waals surface area contributed by atoms with E-state index in [0.717, 1.165) is 11.3 Å². The maximum absolute atomic E-state index is 7.29. The average molecular weight is 194 g/mol. The standard InChI is InChI=1S/C10H14N2O2/c1-13-6-8-5-7(10(11)12)3-4-9(8)14-2/h3-5H,6H2,1-2H3,(H3,11,12). The zero-order valence-corrected chi connectivity index (χ0v) is 8.33. The number of nitrogens with two attached hydrogens (primary N) is 1. The van der Waals surface area contributed by atoms with E-state index in [1.165, 1.54) is 0 Å². The van der Waals surface area contributed by atoms with Gasteiger partial charge in [-0.3, -0.25) is 5.41 Å². The van der Waals surface area contributed by atoms with Crippen molar-refractivity contribution in [3.8, 4) is 5.75 Å². The van der Waals surface area contributed by atoms with Gasteiger partial charge in [-0.15, -0.1) is 0 Å². The molecule has 0 unspecified atom stereocenters. The second kappa shape index (κ2) is 4.62. The van der Waals surface area contributed by atoms with Crippen LogP contribution in [-0.2, 0) is 11.3 Å². The normalized spacial score (nSPS) is 9.86. The fraction of sp³-hybridized carbons (Fsp3) is 0.300. The Morgan fingerprint density at radius 1 is 1.43 bits per heavy atom. The summed E-state index contributed by atoms with van der Waals surface area (Å²) in [5.74, 6) is 0.793. The van der Waals surface area contributed by atoms with Crippen LogP contribution in [0.1, 0.15) is 11.1 Å². The molecular weight excluding hydrogens is 180 g/mol. The summed E-state index contributed by atoms with van der Waals surface area (Å²) in [5, 5.41) is 7.29. The van der Waals surface area contributed by atoms with E-state index in [-0.39, 0.29) is 5.84 Å². The van der Waals surface area contributed by atoms with Gasteiger partial charge in [0.15, 0.2) is 0 Å². The van der Waals surface area contributed by atoms with Gasteiger partial charge in [0.25, 0.3) is 0 Å². The molecule has 0 atom stereocenters. The number of ether oxygens (including phenoxy) is 2. The summed E-state index contributed by atoms with van der Waals surface area (Å²) in [6, 6.07) is 5.33. The van der Waals surface area contributed by atoms with Crippen molar-refractivity contribution in [2.45, 2.75) is 6.61 Å². The quantitative estimate of drug-likeness (QED) is 0.557. The zero-order valence-electron chi connectivity index (χ0n) is 8.33. The maximum atomic E-state index is 7.29. The third kappa shape index (κ3) is 2.23. The van der Waals surface area contributed by atoms with E-state index in [9.17, 15) is 0 Å². The van der Waals surface area contributed by atoms with Crippen molar-refractivity contribution in [3.63, 3.8) is 0 Å². The van der Waals surface area contributed by atoms with Gasteiger partial charge in [0.05, 0.1) is 13.7 Å². The van der Waals surface area contributed by atoms with Gasteiger partial charge >= 0.3 is 0 Å². The number of amidine groups is 1. The van der Waals surface area contributed by atoms with Crippen molar-refractivity contribution in [1.82, 2.24) is 0 Å². The number of rotatable bonds is 4. The second-order valence-corrected chi connectivity index (χ2v) is 2.87. The lowest BCUT2D eigenvalue weighted by Crippen LogP contribution is -2.11. The molecule has 0 aliphatic heterocycles. The molecule has 0 heterocycles. The van der Waals surface area contributed by atoms with Crippen LogP contribution in [0.15, 0.2) is 18.2 Å². The first kappa shape index (κ1) is 10.5. The molecule has 4 heteroatoms. The van der Waals surface area contributed by atoms with Gasteiger partial charge in [-0.1, -0.05) is 0 Å². The van der Waals surface area contributed by atoms with Gasteiger partial charge in [-0.05, 0) is 18.2 Å². The van der Waals surface area contributed by atoms with Crippen LogP contribution < -0.4 is 10.5 Å². The van der Waals surface area contributed by atoms with Crippen LogP contribution in [0.3, 0.4) is 0 Å². The molecule has 0 saturated heterocycles. The van der Waals surface area contributed by atoms with E-state index in [1.54, 1.807) is 32.4 Å². The monoisotopic (exact) mass is 194 g/mol. The van der Waals surface area contributed by atoms with Crippen LogP contribution in [0.4, 0.5) is 0 Å². The summed E-state index contributed by atoms with van der Waals surface area (Å²) < 4.78 is 10.2. The Kier molecular flexibility index (Phi) is 3.48. The molecule has 76 valence electrons. The van der Waals surface area contributed by atoms with E-state index in [2.05, 4.69) is 0 Å². The number of methoxy groups -OCH3 is 2. The molecule has 0 radical (unpaired) electrons. The molecule has 0 aliphatic rings. The highest BCUT2D eigenvalue weighted by atomic mass is 16.5. The van der Waals surface area contributed by atoms with Crippen molar-refractivity contribution >= 4 is 5.84 Å². The third-order valence-electron chi connectivity index (χ3n) is 1.89. The highest BCUT2D eigenvalue weighted by Crippen LogP contribution is 2.20. The molecule has 0 fully saturated rings. The summed E-state index contributed by atoms with van der Waals surface area (Å²) >= 11 is 0. The Morgan fingerprint density at radius 3 is 2.64 bits per heavy atom. The number of benzene rings is 1. The van der Waals surface area contributed by atoms with Gasteiger partial charge in [0.2, 0.25) is 0 Å². The fourth-order valence-electron chi connectivity index (χ4n) is 1.21. The van der Waals surface area contributed by atoms with E-state index in [4.69, 9.17) is 20.6 Å². The van der Waals surface area contributed by atoms with Crippen molar-refractivity contribution in [2.24, 2.45) is 5.73 Å². The van der Waals surface area contributed by atoms with Crippen LogP contribution in [0.25, 0.3) is 0 Å². The molecular formula is C10H14N2O2. The number of hydrogen-bond acceptors (Lipinski definition) is 3. The van der Waals surface area contributed by atoms with Crippen LogP contribution in [0.2, 0.25) is 0 Å². The Morgan fingerprint density at radius 2 is 2.14 bits per heavy atom. The Bertz CT molecular complexity index is 337. The fourth-order valence-corrected chi connectivity index (χ4v) is 1.21. The highest BCUT2D eigenvalue weighted by molar-refractivity contribution is 5.95. The molecule has 0 aromatic heterocycles. The molecule has 14 heavy (non-hydrogen) atoms. The maximum Gasteiger partial charge on any atom is 0.124 e. The predicted molar refractivity (Wildman–Crippen MR) is 54.7 cm³/mol. The molecule has 1 rings (SSSR count). The molecule has 0 amide bonds. The SMILES string of the molecule is COCc1cc(C(=N)N)ccc1OC. The lowest BCUT2D eigenvalue weighted by atomic mass is 10.1. The van der Waals surface area contributed by atoms with Crippen LogP contribution in [0, 0.1) is 5.41 Å². The summed E-state index contributed by atoms with van der Waals surface area (Å²) in [6.07, 6.45) is 0. The molecule has 0 aliphatic carbocycles. The second-order valence-electron chi connectivity index (χ2n) is 2.87. The average Bonchev–Trinajstić information content (AvgIpc) is 2.18. The number of nitrogens with one attached hydrogen (secondary N) is 1. The highest BCUT2D eigenvalue weighted by Gasteiger charge is 2.05. The van der Waals surface area contributed by atoms with E-state index in [1.807, 2.05) is 0 Å². The van der Waals surface area contributed by atoms with Gasteiger partial charge in [0, 0.05) is 18.2 Å². The minimum atomic E-state index is 0.0463. The third-order valence-corrected chi connectivity index (χ3v) is 1.89. The minimum Gasteiger partial charge on any atom is -0.496 e. The van der Waals surface area contributed by atoms with Crippen LogP contribution in [-0.4, -0.2) is 20.1 Å². The summed E-state index contributed by atoms with van der Waals surface area (Å²) in [5.41, 5.74) is 6.94. The van der Waals surface area contributed by atoms with Gasteiger partial charge in [-0.2, -0.15) is 0 Å². The minimum absolute atomic E-state index is 0.0463. The molecule has 0 saturated carbocycles. The molecule has 1 aromatic rings. The van der Waals surface area contributed by atoms with Crippen molar-refractivity contribution in [2.75, 3.05) is 14.2 Å². The number of hydrogen-bond donors (Lipinski definition) is 2. The predicted octanol–water partition coefficient (Wildman–Crippen LogP) is 1.13. The lowest BCUT2D eigenvalue weighted by Gasteiger charge is -2.09. The van der Waals surface area contributed by atoms with Gasteiger partial charge in [0.1, 0.15) is 11.6 Å². The first-order valence-electron chi connectivity index (χ1n) is 4.19. The first-order chi connectivity index (χ1) is 6.69. The van der Waals surface area contributed by atoms with Crippen molar-refractivity contribution in [3.05, 3.63) is 29.3 Å². The largest absolute Gasteiger partial charge is 0.496 e. The van der Waals surface area contributed by atoms with Crippen molar-refractivity contribution < 1.29 is 9.47 Å². The summed E-state index contributed by atoms with van der Waals surface area (Å²) in [4.78, 5) is 0. The Labute approximate surface area is 83.1 Å². The van der Waals surface area contributed by atoms with Crippen LogP contribution >= 0.6 is 0 Å².